The van der Waals surface area contributed by atoms with Crippen LogP contribution in [0.25, 0.3) is 11.3 Å². The zero-order valence-corrected chi connectivity index (χ0v) is 19.5. The van der Waals surface area contributed by atoms with Crippen LogP contribution in [0.2, 0.25) is 0 Å². The van der Waals surface area contributed by atoms with Crippen molar-refractivity contribution in [3.05, 3.63) is 41.9 Å². The van der Waals surface area contributed by atoms with Crippen molar-refractivity contribution in [3.63, 3.8) is 0 Å². The molecule has 1 N–H and O–H groups in total. The average molecular weight is 414 g/mol. The molecule has 164 valence electrons. The van der Waals surface area contributed by atoms with Crippen LogP contribution in [0.4, 0.5) is 4.79 Å². The van der Waals surface area contributed by atoms with Crippen molar-refractivity contribution in [3.8, 4) is 17.0 Å². The number of pyridine rings is 2. The van der Waals surface area contributed by atoms with Gasteiger partial charge >= 0.3 is 6.09 Å². The molecule has 6 heteroatoms. The number of aryl methyl sites for hydroxylation is 2. The second kappa shape index (κ2) is 9.45. The Morgan fingerprint density at radius 2 is 1.83 bits per heavy atom. The predicted octanol–water partition coefficient (Wildman–Crippen LogP) is 5.47. The van der Waals surface area contributed by atoms with E-state index in [-0.39, 0.29) is 0 Å². The predicted molar refractivity (Wildman–Crippen MR) is 120 cm³/mol. The molecule has 0 aliphatic carbocycles. The van der Waals surface area contributed by atoms with Gasteiger partial charge in [-0.1, -0.05) is 13.8 Å². The lowest BCUT2D eigenvalue weighted by atomic mass is 9.91. The molecule has 0 aliphatic rings. The number of nitrogens with one attached hydrogen (secondary N) is 1. The molecule has 0 aromatic carbocycles. The summed E-state index contributed by atoms with van der Waals surface area (Å²) in [7, 11) is 0. The number of carbonyl (C=O) groups is 1. The van der Waals surface area contributed by atoms with Crippen LogP contribution < -0.4 is 10.1 Å². The number of rotatable bonds is 7. The number of hydrogen-bond donors (Lipinski definition) is 1. The van der Waals surface area contributed by atoms with Gasteiger partial charge in [-0.05, 0) is 77.6 Å². The minimum Gasteiger partial charge on any atom is -0.489 e. The summed E-state index contributed by atoms with van der Waals surface area (Å²) in [6.07, 6.45) is 3.84. The van der Waals surface area contributed by atoms with Crippen molar-refractivity contribution in [2.45, 2.75) is 73.0 Å². The highest BCUT2D eigenvalue weighted by Gasteiger charge is 2.31. The first-order chi connectivity index (χ1) is 13.9. The van der Waals surface area contributed by atoms with Crippen LogP contribution in [-0.4, -0.2) is 33.8 Å². The lowest BCUT2D eigenvalue weighted by Gasteiger charge is -2.33. The largest absolute Gasteiger partial charge is 0.489 e. The molecule has 2 heterocycles. The summed E-state index contributed by atoms with van der Waals surface area (Å²) in [6.45, 7) is 16.0. The monoisotopic (exact) mass is 413 g/mol. The highest BCUT2D eigenvalue weighted by Crippen LogP contribution is 2.26. The maximum atomic E-state index is 12.4. The fourth-order valence-electron chi connectivity index (χ4n) is 3.39. The Kier molecular flexibility index (Phi) is 7.45. The van der Waals surface area contributed by atoms with Crippen LogP contribution >= 0.6 is 0 Å². The summed E-state index contributed by atoms with van der Waals surface area (Å²) in [5.41, 5.74) is 2.72. The lowest BCUT2D eigenvalue weighted by Crippen LogP contribution is -2.52. The van der Waals surface area contributed by atoms with Crippen LogP contribution in [0.1, 0.15) is 59.2 Å². The summed E-state index contributed by atoms with van der Waals surface area (Å²) in [6, 6.07) is 5.96. The number of hydrogen-bond acceptors (Lipinski definition) is 5. The fourth-order valence-corrected chi connectivity index (χ4v) is 3.39. The maximum absolute atomic E-state index is 12.4. The standard InChI is InChI=1S/C24H35N3O3/c1-16(2)13-24(8,27-22(28)30-23(5,6)7)15-29-21-14-26-20(11-17(21)3)19-9-10-25-18(4)12-19/h9-12,14,16H,13,15H2,1-8H3,(H,27,28). The highest BCUT2D eigenvalue weighted by atomic mass is 16.6. The van der Waals surface area contributed by atoms with Crippen LogP contribution in [0, 0.1) is 19.8 Å². The number of ether oxygens (including phenoxy) is 2. The van der Waals surface area contributed by atoms with Crippen LogP contribution in [-0.2, 0) is 4.74 Å². The Bertz CT molecular complexity index is 874. The van der Waals surface area contributed by atoms with Crippen LogP contribution in [0.15, 0.2) is 30.6 Å². The average Bonchev–Trinajstić information content (AvgIpc) is 2.58. The molecule has 2 rings (SSSR count). The van der Waals surface area contributed by atoms with E-state index in [0.29, 0.717) is 18.3 Å². The van der Waals surface area contributed by atoms with Crippen LogP contribution in [0.5, 0.6) is 5.75 Å². The molecule has 1 amide bonds. The van der Waals surface area contributed by atoms with Crippen molar-refractivity contribution in [1.29, 1.82) is 0 Å². The summed E-state index contributed by atoms with van der Waals surface area (Å²) in [4.78, 5) is 21.1. The fraction of sp³-hybridized carbons (Fsp3) is 0.542. The van der Waals surface area contributed by atoms with E-state index in [0.717, 1.165) is 28.9 Å². The van der Waals surface area contributed by atoms with Crippen molar-refractivity contribution in [1.82, 2.24) is 15.3 Å². The van der Waals surface area contributed by atoms with Gasteiger partial charge in [0.2, 0.25) is 0 Å². The molecule has 0 bridgehead atoms. The van der Waals surface area contributed by atoms with Crippen LogP contribution in [0.3, 0.4) is 0 Å². The number of aromatic nitrogens is 2. The molecule has 0 saturated heterocycles. The summed E-state index contributed by atoms with van der Waals surface area (Å²) in [5, 5.41) is 3.00. The van der Waals surface area contributed by atoms with E-state index in [1.807, 2.05) is 59.7 Å². The second-order valence-corrected chi connectivity index (χ2v) is 9.60. The van der Waals surface area contributed by atoms with Gasteiger partial charge in [0.05, 0.1) is 17.4 Å². The molecule has 0 saturated carbocycles. The van der Waals surface area contributed by atoms with E-state index in [2.05, 4.69) is 29.1 Å². The van der Waals surface area contributed by atoms with Gasteiger partial charge in [0.15, 0.2) is 0 Å². The van der Waals surface area contributed by atoms with Crippen molar-refractivity contribution in [2.75, 3.05) is 6.61 Å². The number of amides is 1. The van der Waals surface area contributed by atoms with Crippen molar-refractivity contribution >= 4 is 6.09 Å². The SMILES string of the molecule is Cc1cc(-c2cc(C)c(OCC(C)(CC(C)C)NC(=O)OC(C)(C)C)cn2)ccn1. The molecule has 0 aliphatic heterocycles. The third kappa shape index (κ3) is 7.32. The first-order valence-electron chi connectivity index (χ1n) is 10.4. The Balaban J connectivity index is 2.13. The molecule has 30 heavy (non-hydrogen) atoms. The van der Waals surface area contributed by atoms with Crippen molar-refractivity contribution in [2.24, 2.45) is 5.92 Å². The minimum absolute atomic E-state index is 0.320. The zero-order chi connectivity index (χ0) is 22.5. The van der Waals surface area contributed by atoms with Gasteiger partial charge in [-0.15, -0.1) is 0 Å². The minimum atomic E-state index is -0.566. The van der Waals surface area contributed by atoms with E-state index in [1.54, 1.807) is 12.4 Å². The molecule has 0 fully saturated rings. The molecule has 0 spiro atoms. The Hall–Kier alpha value is -2.63. The molecule has 1 atom stereocenters. The zero-order valence-electron chi connectivity index (χ0n) is 19.5. The van der Waals surface area contributed by atoms with E-state index >= 15 is 0 Å². The number of alkyl carbamates (subject to hydrolysis) is 1. The maximum Gasteiger partial charge on any atom is 0.408 e. The molecular formula is C24H35N3O3. The lowest BCUT2D eigenvalue weighted by molar-refractivity contribution is 0.0407. The summed E-state index contributed by atoms with van der Waals surface area (Å²) in [5.74, 6) is 1.08. The van der Waals surface area contributed by atoms with Gasteiger partial charge in [0, 0.05) is 17.5 Å². The Morgan fingerprint density at radius 1 is 1.13 bits per heavy atom. The molecule has 1 unspecified atom stereocenters. The number of carbonyl (C=O) groups excluding carboxylic acids is 1. The van der Waals surface area contributed by atoms with Gasteiger partial charge in [0.25, 0.3) is 0 Å². The normalized spacial score (nSPS) is 13.6. The third-order valence-electron chi connectivity index (χ3n) is 4.46. The summed E-state index contributed by atoms with van der Waals surface area (Å²) >= 11 is 0. The van der Waals surface area contributed by atoms with Gasteiger partial charge in [-0.25, -0.2) is 4.79 Å². The van der Waals surface area contributed by atoms with E-state index in [1.165, 1.54) is 0 Å². The van der Waals surface area contributed by atoms with E-state index < -0.39 is 17.2 Å². The third-order valence-corrected chi connectivity index (χ3v) is 4.46. The second-order valence-electron chi connectivity index (χ2n) is 9.60. The molecular weight excluding hydrogens is 378 g/mol. The highest BCUT2D eigenvalue weighted by molar-refractivity contribution is 5.68. The van der Waals surface area contributed by atoms with E-state index in [9.17, 15) is 4.79 Å². The van der Waals surface area contributed by atoms with E-state index in [4.69, 9.17) is 9.47 Å². The first-order valence-corrected chi connectivity index (χ1v) is 10.4. The number of nitrogens with zero attached hydrogens (tertiary/aromatic N) is 2. The Labute approximate surface area is 180 Å². The molecule has 2 aromatic heterocycles. The van der Waals surface area contributed by atoms with Crippen molar-refractivity contribution < 1.29 is 14.3 Å². The smallest absolute Gasteiger partial charge is 0.408 e. The quantitative estimate of drug-likeness (QED) is 0.652. The summed E-state index contributed by atoms with van der Waals surface area (Å²) < 4.78 is 11.5. The van der Waals surface area contributed by atoms with Gasteiger partial charge < -0.3 is 14.8 Å². The topological polar surface area (TPSA) is 73.3 Å². The first kappa shape index (κ1) is 23.6. The Morgan fingerprint density at radius 3 is 2.40 bits per heavy atom. The molecule has 2 aromatic rings. The molecule has 0 radical (unpaired) electrons. The van der Waals surface area contributed by atoms with Gasteiger partial charge in [-0.3, -0.25) is 9.97 Å². The van der Waals surface area contributed by atoms with Gasteiger partial charge in [-0.2, -0.15) is 0 Å². The molecule has 6 nitrogen and oxygen atoms in total. The van der Waals surface area contributed by atoms with Gasteiger partial charge in [0.1, 0.15) is 18.0 Å².